The van der Waals surface area contributed by atoms with Crippen molar-refractivity contribution in [1.82, 2.24) is 10.2 Å². The van der Waals surface area contributed by atoms with Crippen LogP contribution >= 0.6 is 0 Å². The summed E-state index contributed by atoms with van der Waals surface area (Å²) in [4.78, 5) is 10.6. The molecule has 1 aliphatic rings. The summed E-state index contributed by atoms with van der Waals surface area (Å²) in [6.45, 7) is 0.576. The molecule has 12 heavy (non-hydrogen) atoms. The van der Waals surface area contributed by atoms with Crippen molar-refractivity contribution in [1.29, 1.82) is 0 Å². The highest BCUT2D eigenvalue weighted by Crippen LogP contribution is 2.25. The van der Waals surface area contributed by atoms with Gasteiger partial charge in [0.05, 0.1) is 6.61 Å². The molecule has 0 aliphatic carbocycles. The molecule has 2 heterocycles. The normalized spacial score (nSPS) is 15.0. The van der Waals surface area contributed by atoms with Crippen molar-refractivity contribution in [3.63, 3.8) is 0 Å². The Morgan fingerprint density at radius 3 is 3.25 bits per heavy atom. The molecule has 0 fully saturated rings. The Bertz CT molecular complexity index is 318. The van der Waals surface area contributed by atoms with Gasteiger partial charge in [0.1, 0.15) is 5.69 Å². The zero-order valence-electron chi connectivity index (χ0n) is 6.33. The summed E-state index contributed by atoms with van der Waals surface area (Å²) in [7, 11) is 0. The fourth-order valence-corrected chi connectivity index (χ4v) is 1.25. The number of fused-ring (bicyclic) bond motifs is 1. The fraction of sp³-hybridized carbons (Fsp3) is 0.429. The van der Waals surface area contributed by atoms with E-state index >= 15 is 0 Å². The van der Waals surface area contributed by atoms with E-state index in [0.29, 0.717) is 12.4 Å². The number of carboxylic acid groups (broad SMARTS) is 1. The van der Waals surface area contributed by atoms with Gasteiger partial charge in [-0.1, -0.05) is 0 Å². The summed E-state index contributed by atoms with van der Waals surface area (Å²) in [5.74, 6) is -0.612. The van der Waals surface area contributed by atoms with Crippen LogP contribution in [-0.2, 0) is 6.42 Å². The third-order valence-electron chi connectivity index (χ3n) is 1.81. The van der Waals surface area contributed by atoms with Gasteiger partial charge in [-0.25, -0.2) is 4.79 Å². The zero-order chi connectivity index (χ0) is 8.55. The standard InChI is InChI=1S/C7H8N2O3/c10-7(11)5-6-4(8-9-5)2-1-3-12-6/h1-3H2,(H,8,9)(H,10,11). The number of aryl methyl sites for hydroxylation is 1. The molecular weight excluding hydrogens is 160 g/mol. The number of nitrogens with one attached hydrogen (secondary N) is 1. The van der Waals surface area contributed by atoms with Crippen LogP contribution in [0.25, 0.3) is 0 Å². The first-order chi connectivity index (χ1) is 5.79. The lowest BCUT2D eigenvalue weighted by Gasteiger charge is -2.11. The quantitative estimate of drug-likeness (QED) is 0.637. The Hall–Kier alpha value is -1.52. The van der Waals surface area contributed by atoms with E-state index in [-0.39, 0.29) is 5.69 Å². The third-order valence-corrected chi connectivity index (χ3v) is 1.81. The molecule has 1 aromatic rings. The highest BCUT2D eigenvalue weighted by atomic mass is 16.5. The lowest BCUT2D eigenvalue weighted by molar-refractivity contribution is 0.0685. The summed E-state index contributed by atoms with van der Waals surface area (Å²) in [5.41, 5.74) is 0.781. The Morgan fingerprint density at radius 2 is 2.50 bits per heavy atom. The summed E-state index contributed by atoms with van der Waals surface area (Å²) < 4.78 is 5.18. The first-order valence-electron chi connectivity index (χ1n) is 3.72. The topological polar surface area (TPSA) is 75.2 Å². The maximum Gasteiger partial charge on any atom is 0.357 e. The van der Waals surface area contributed by atoms with E-state index in [1.165, 1.54) is 0 Å². The number of ether oxygens (including phenoxy) is 1. The van der Waals surface area contributed by atoms with Crippen LogP contribution in [0.4, 0.5) is 0 Å². The number of H-pyrrole nitrogens is 1. The third kappa shape index (κ3) is 0.939. The summed E-state index contributed by atoms with van der Waals surface area (Å²) in [6, 6.07) is 0. The van der Waals surface area contributed by atoms with Crippen molar-refractivity contribution < 1.29 is 14.6 Å². The Kier molecular flexibility index (Phi) is 1.49. The number of aromatic amines is 1. The van der Waals surface area contributed by atoms with Gasteiger partial charge in [0, 0.05) is 0 Å². The monoisotopic (exact) mass is 168 g/mol. The number of hydrogen-bond donors (Lipinski definition) is 2. The second-order valence-electron chi connectivity index (χ2n) is 2.63. The number of carboxylic acids is 1. The molecule has 1 aliphatic heterocycles. The van der Waals surface area contributed by atoms with Gasteiger partial charge < -0.3 is 9.84 Å². The highest BCUT2D eigenvalue weighted by molar-refractivity contribution is 5.89. The van der Waals surface area contributed by atoms with Gasteiger partial charge in [0.15, 0.2) is 11.4 Å². The van der Waals surface area contributed by atoms with Crippen LogP contribution in [0, 0.1) is 0 Å². The first kappa shape index (κ1) is 7.15. The van der Waals surface area contributed by atoms with Crippen molar-refractivity contribution in [3.8, 4) is 5.75 Å². The molecule has 0 amide bonds. The Balaban J connectivity index is 2.44. The molecule has 0 unspecified atom stereocenters. The molecule has 5 nitrogen and oxygen atoms in total. The molecule has 2 N–H and O–H groups in total. The number of aromatic nitrogens is 2. The second kappa shape index (κ2) is 2.51. The largest absolute Gasteiger partial charge is 0.489 e. The average molecular weight is 168 g/mol. The average Bonchev–Trinajstić information content (AvgIpc) is 2.47. The molecule has 0 spiro atoms. The van der Waals surface area contributed by atoms with E-state index in [2.05, 4.69) is 10.2 Å². The predicted octanol–water partition coefficient (Wildman–Crippen LogP) is 0.433. The van der Waals surface area contributed by atoms with Gasteiger partial charge in [0.25, 0.3) is 0 Å². The fourth-order valence-electron chi connectivity index (χ4n) is 1.25. The van der Waals surface area contributed by atoms with Crippen molar-refractivity contribution in [2.75, 3.05) is 6.61 Å². The SMILES string of the molecule is O=C(O)c1[nH]nc2c1OCCC2. The van der Waals surface area contributed by atoms with Gasteiger partial charge in [-0.15, -0.1) is 0 Å². The lowest BCUT2D eigenvalue weighted by atomic mass is 10.2. The summed E-state index contributed by atoms with van der Waals surface area (Å²) in [5, 5.41) is 15.0. The molecule has 2 rings (SSSR count). The molecule has 0 saturated heterocycles. The predicted molar refractivity (Wildman–Crippen MR) is 39.4 cm³/mol. The maximum atomic E-state index is 10.6. The first-order valence-corrected chi connectivity index (χ1v) is 3.72. The van der Waals surface area contributed by atoms with Crippen molar-refractivity contribution in [2.45, 2.75) is 12.8 Å². The van der Waals surface area contributed by atoms with E-state index in [4.69, 9.17) is 9.84 Å². The van der Waals surface area contributed by atoms with Gasteiger partial charge >= 0.3 is 5.97 Å². The number of carbonyl (C=O) groups is 1. The van der Waals surface area contributed by atoms with Gasteiger partial charge in [-0.2, -0.15) is 5.10 Å². The zero-order valence-corrected chi connectivity index (χ0v) is 6.33. The lowest BCUT2D eigenvalue weighted by Crippen LogP contribution is -2.09. The van der Waals surface area contributed by atoms with E-state index < -0.39 is 5.97 Å². The van der Waals surface area contributed by atoms with Crippen molar-refractivity contribution in [3.05, 3.63) is 11.4 Å². The number of hydrogen-bond acceptors (Lipinski definition) is 3. The van der Waals surface area contributed by atoms with Gasteiger partial charge in [0.2, 0.25) is 0 Å². The Morgan fingerprint density at radius 1 is 1.67 bits per heavy atom. The number of nitrogens with zero attached hydrogens (tertiary/aromatic N) is 1. The highest BCUT2D eigenvalue weighted by Gasteiger charge is 2.22. The Labute approximate surface area is 68.4 Å². The smallest absolute Gasteiger partial charge is 0.357 e. The molecule has 0 bridgehead atoms. The molecule has 0 aromatic carbocycles. The second-order valence-corrected chi connectivity index (χ2v) is 2.63. The number of rotatable bonds is 1. The molecule has 1 aromatic heterocycles. The maximum absolute atomic E-state index is 10.6. The molecular formula is C7H8N2O3. The van der Waals surface area contributed by atoms with E-state index in [9.17, 15) is 4.79 Å². The van der Waals surface area contributed by atoms with E-state index in [1.807, 2.05) is 0 Å². The van der Waals surface area contributed by atoms with E-state index in [0.717, 1.165) is 18.5 Å². The van der Waals surface area contributed by atoms with E-state index in [1.54, 1.807) is 0 Å². The molecule has 0 atom stereocenters. The van der Waals surface area contributed by atoms with Crippen LogP contribution in [0.3, 0.4) is 0 Å². The molecule has 5 heteroatoms. The van der Waals surface area contributed by atoms with Crippen LogP contribution in [0.15, 0.2) is 0 Å². The van der Waals surface area contributed by atoms with Gasteiger partial charge in [-0.3, -0.25) is 5.10 Å². The summed E-state index contributed by atoms with van der Waals surface area (Å²) >= 11 is 0. The van der Waals surface area contributed by atoms with Crippen LogP contribution in [0.1, 0.15) is 22.6 Å². The summed E-state index contributed by atoms with van der Waals surface area (Å²) in [6.07, 6.45) is 1.69. The molecule has 0 radical (unpaired) electrons. The minimum atomic E-state index is -1.02. The van der Waals surface area contributed by atoms with Crippen LogP contribution in [0.2, 0.25) is 0 Å². The minimum absolute atomic E-state index is 0.0599. The van der Waals surface area contributed by atoms with Crippen LogP contribution < -0.4 is 4.74 Å². The van der Waals surface area contributed by atoms with Crippen molar-refractivity contribution >= 4 is 5.97 Å². The van der Waals surface area contributed by atoms with Crippen LogP contribution in [0.5, 0.6) is 5.75 Å². The number of aromatic carboxylic acids is 1. The molecule has 0 saturated carbocycles. The van der Waals surface area contributed by atoms with Crippen LogP contribution in [-0.4, -0.2) is 27.9 Å². The molecule has 64 valence electrons. The minimum Gasteiger partial charge on any atom is -0.489 e. The van der Waals surface area contributed by atoms with Gasteiger partial charge in [-0.05, 0) is 12.8 Å². The van der Waals surface area contributed by atoms with Crippen molar-refractivity contribution in [2.24, 2.45) is 0 Å².